The number of aliphatic hydroxyl groups is 1. The summed E-state index contributed by atoms with van der Waals surface area (Å²) in [4.78, 5) is 15.3. The minimum atomic E-state index is -0.584. The third-order valence-electron chi connectivity index (χ3n) is 4.87. The summed E-state index contributed by atoms with van der Waals surface area (Å²) >= 11 is 0. The monoisotopic (exact) mass is 354 g/mol. The fraction of sp³-hybridized carbons (Fsp3) is 0.444. The van der Waals surface area contributed by atoms with E-state index in [-0.39, 0.29) is 5.92 Å². The van der Waals surface area contributed by atoms with E-state index in [9.17, 15) is 5.11 Å². The molecule has 1 aliphatic heterocycles. The van der Waals surface area contributed by atoms with Crippen LogP contribution in [0.3, 0.4) is 0 Å². The molecule has 1 fully saturated rings. The number of aliphatic hydroxyl groups excluding tert-OH is 1. The van der Waals surface area contributed by atoms with Crippen molar-refractivity contribution in [2.75, 3.05) is 18.0 Å². The van der Waals surface area contributed by atoms with Crippen molar-refractivity contribution in [3.05, 3.63) is 42.4 Å². The van der Waals surface area contributed by atoms with E-state index in [1.54, 1.807) is 19.3 Å². The highest BCUT2D eigenvalue weighted by Gasteiger charge is 2.29. The van der Waals surface area contributed by atoms with Gasteiger partial charge in [-0.15, -0.1) is 0 Å². The molecule has 3 aromatic rings. The Hall–Kier alpha value is -2.74. The fourth-order valence-corrected chi connectivity index (χ4v) is 3.49. The van der Waals surface area contributed by atoms with Gasteiger partial charge in [0.25, 0.3) is 5.89 Å². The predicted molar refractivity (Wildman–Crippen MR) is 95.4 cm³/mol. The van der Waals surface area contributed by atoms with Crippen LogP contribution in [0.5, 0.6) is 0 Å². The van der Waals surface area contributed by atoms with Gasteiger partial charge >= 0.3 is 0 Å². The minimum absolute atomic E-state index is 0.112. The van der Waals surface area contributed by atoms with Crippen LogP contribution in [0.4, 0.5) is 5.82 Å². The molecule has 2 unspecified atom stereocenters. The Morgan fingerprint density at radius 3 is 2.92 bits per heavy atom. The first-order valence-electron chi connectivity index (χ1n) is 8.79. The van der Waals surface area contributed by atoms with Gasteiger partial charge in [-0.05, 0) is 31.9 Å². The van der Waals surface area contributed by atoms with E-state index in [0.29, 0.717) is 17.5 Å². The maximum atomic E-state index is 10.8. The van der Waals surface area contributed by atoms with Gasteiger partial charge in [-0.2, -0.15) is 4.98 Å². The number of pyridine rings is 1. The zero-order valence-electron chi connectivity index (χ0n) is 14.9. The second kappa shape index (κ2) is 6.87. The summed E-state index contributed by atoms with van der Waals surface area (Å²) in [6.07, 6.45) is 6.71. The molecular formula is C18H22N6O2. The van der Waals surface area contributed by atoms with E-state index >= 15 is 0 Å². The molecule has 4 rings (SSSR count). The number of imidazole rings is 1. The molecule has 0 radical (unpaired) electrons. The van der Waals surface area contributed by atoms with Crippen LogP contribution in [0.15, 0.2) is 35.2 Å². The van der Waals surface area contributed by atoms with E-state index < -0.39 is 6.10 Å². The maximum absolute atomic E-state index is 10.8. The lowest BCUT2D eigenvalue weighted by Gasteiger charge is -2.35. The SMILES string of the molecule is Cc1noc(-c2ccnc(N3CCCC(C(O)c4nccn4C)C3)c2)n1. The number of piperidine rings is 1. The molecule has 3 aromatic heterocycles. The molecule has 2 atom stereocenters. The molecule has 4 heterocycles. The molecule has 1 saturated heterocycles. The highest BCUT2D eigenvalue weighted by molar-refractivity contribution is 5.58. The number of nitrogens with zero attached hydrogens (tertiary/aromatic N) is 6. The number of hydrogen-bond acceptors (Lipinski definition) is 7. The molecular weight excluding hydrogens is 332 g/mol. The van der Waals surface area contributed by atoms with E-state index in [4.69, 9.17) is 4.52 Å². The first-order chi connectivity index (χ1) is 12.6. The second-order valence-corrected chi connectivity index (χ2v) is 6.74. The minimum Gasteiger partial charge on any atom is -0.385 e. The Labute approximate surface area is 151 Å². The van der Waals surface area contributed by atoms with Crippen molar-refractivity contribution in [1.29, 1.82) is 0 Å². The smallest absolute Gasteiger partial charge is 0.258 e. The van der Waals surface area contributed by atoms with Crippen LogP contribution in [0.25, 0.3) is 11.5 Å². The zero-order valence-corrected chi connectivity index (χ0v) is 14.9. The van der Waals surface area contributed by atoms with Crippen LogP contribution in [-0.4, -0.2) is 42.9 Å². The van der Waals surface area contributed by atoms with Crippen LogP contribution in [0, 0.1) is 12.8 Å². The predicted octanol–water partition coefficient (Wildman–Crippen LogP) is 2.12. The molecule has 0 aromatic carbocycles. The Morgan fingerprint density at radius 2 is 2.19 bits per heavy atom. The average Bonchev–Trinajstić information content (AvgIpc) is 3.30. The van der Waals surface area contributed by atoms with Gasteiger partial charge in [0.2, 0.25) is 0 Å². The topological polar surface area (TPSA) is 93.1 Å². The van der Waals surface area contributed by atoms with Crippen LogP contribution in [0.2, 0.25) is 0 Å². The summed E-state index contributed by atoms with van der Waals surface area (Å²) in [5.41, 5.74) is 0.849. The highest BCUT2D eigenvalue weighted by Crippen LogP contribution is 2.31. The Bertz CT molecular complexity index is 889. The maximum Gasteiger partial charge on any atom is 0.258 e. The van der Waals surface area contributed by atoms with Gasteiger partial charge in [0.05, 0.1) is 0 Å². The Balaban J connectivity index is 1.54. The van der Waals surface area contributed by atoms with Crippen molar-refractivity contribution in [2.24, 2.45) is 13.0 Å². The van der Waals surface area contributed by atoms with Crippen molar-refractivity contribution in [2.45, 2.75) is 25.9 Å². The van der Waals surface area contributed by atoms with Gasteiger partial charge in [0.1, 0.15) is 17.7 Å². The Morgan fingerprint density at radius 1 is 1.31 bits per heavy atom. The number of rotatable bonds is 4. The van der Waals surface area contributed by atoms with Crippen LogP contribution in [-0.2, 0) is 7.05 Å². The Kier molecular flexibility index (Phi) is 4.42. The van der Waals surface area contributed by atoms with Crippen molar-refractivity contribution in [3.8, 4) is 11.5 Å². The molecule has 0 bridgehead atoms. The lowest BCUT2D eigenvalue weighted by atomic mass is 9.92. The molecule has 8 heteroatoms. The fourth-order valence-electron chi connectivity index (χ4n) is 3.49. The summed E-state index contributed by atoms with van der Waals surface area (Å²) in [5, 5.41) is 14.6. The summed E-state index contributed by atoms with van der Waals surface area (Å²) in [6, 6.07) is 3.82. The van der Waals surface area contributed by atoms with Gasteiger partial charge in [0, 0.05) is 50.2 Å². The van der Waals surface area contributed by atoms with Gasteiger partial charge in [-0.1, -0.05) is 5.16 Å². The third kappa shape index (κ3) is 3.20. The summed E-state index contributed by atoms with van der Waals surface area (Å²) in [7, 11) is 1.91. The molecule has 0 aliphatic carbocycles. The van der Waals surface area contributed by atoms with Crippen molar-refractivity contribution in [3.63, 3.8) is 0 Å². The van der Waals surface area contributed by atoms with E-state index in [1.165, 1.54) is 0 Å². The van der Waals surface area contributed by atoms with Crippen LogP contribution < -0.4 is 4.90 Å². The van der Waals surface area contributed by atoms with Crippen LogP contribution in [0.1, 0.15) is 30.6 Å². The van der Waals surface area contributed by atoms with Crippen molar-refractivity contribution >= 4 is 5.82 Å². The second-order valence-electron chi connectivity index (χ2n) is 6.74. The summed E-state index contributed by atoms with van der Waals surface area (Å²) in [6.45, 7) is 3.43. The third-order valence-corrected chi connectivity index (χ3v) is 4.87. The lowest BCUT2D eigenvalue weighted by Crippen LogP contribution is -2.38. The number of aromatic nitrogens is 5. The van der Waals surface area contributed by atoms with Gasteiger partial charge < -0.3 is 19.1 Å². The molecule has 8 nitrogen and oxygen atoms in total. The first-order valence-corrected chi connectivity index (χ1v) is 8.79. The van der Waals surface area contributed by atoms with Gasteiger partial charge in [-0.3, -0.25) is 0 Å². The molecule has 1 aliphatic rings. The van der Waals surface area contributed by atoms with Gasteiger partial charge in [-0.25, -0.2) is 9.97 Å². The van der Waals surface area contributed by atoms with E-state index in [1.807, 2.05) is 29.9 Å². The largest absolute Gasteiger partial charge is 0.385 e. The summed E-state index contributed by atoms with van der Waals surface area (Å²) < 4.78 is 7.13. The normalized spacial score (nSPS) is 18.9. The average molecular weight is 354 g/mol. The molecule has 136 valence electrons. The summed E-state index contributed by atoms with van der Waals surface area (Å²) in [5.74, 6) is 2.78. The number of aryl methyl sites for hydroxylation is 2. The standard InChI is InChI=1S/C18H22N6O2/c1-12-21-18(26-22-12)13-5-6-19-15(10-13)24-8-3-4-14(11-24)16(25)17-20-7-9-23(17)2/h5-7,9-10,14,16,25H,3-4,8,11H2,1-2H3. The number of hydrogen-bond donors (Lipinski definition) is 1. The zero-order chi connectivity index (χ0) is 18.1. The van der Waals surface area contributed by atoms with Crippen molar-refractivity contribution < 1.29 is 9.63 Å². The molecule has 0 spiro atoms. The molecule has 0 saturated carbocycles. The van der Waals surface area contributed by atoms with Gasteiger partial charge in [0.15, 0.2) is 5.82 Å². The highest BCUT2D eigenvalue weighted by atomic mass is 16.5. The quantitative estimate of drug-likeness (QED) is 0.767. The van der Waals surface area contributed by atoms with Crippen molar-refractivity contribution in [1.82, 2.24) is 24.7 Å². The lowest BCUT2D eigenvalue weighted by molar-refractivity contribution is 0.0874. The molecule has 0 amide bonds. The van der Waals surface area contributed by atoms with E-state index in [0.717, 1.165) is 37.3 Å². The molecule has 1 N–H and O–H groups in total. The number of anilines is 1. The van der Waals surface area contributed by atoms with Crippen LogP contribution >= 0.6 is 0 Å². The first kappa shape index (κ1) is 16.7. The van der Waals surface area contributed by atoms with E-state index in [2.05, 4.69) is 25.0 Å². The molecule has 26 heavy (non-hydrogen) atoms.